The Bertz CT molecular complexity index is 311. The number of nitrogens with zero attached hydrogens (tertiary/aromatic N) is 3. The fraction of sp³-hybridized carbons (Fsp3) is 0.933. The van der Waals surface area contributed by atoms with Gasteiger partial charge in [-0.3, -0.25) is 14.8 Å². The minimum atomic E-state index is 0.484. The largest absolute Gasteiger partial charge is 0.371 e. The number of nitrogens with one attached hydrogen (secondary N) is 1. The maximum absolute atomic E-state index is 4.67. The van der Waals surface area contributed by atoms with Gasteiger partial charge in [-0.2, -0.15) is 0 Å². The van der Waals surface area contributed by atoms with E-state index in [0.717, 1.165) is 31.5 Å². The van der Waals surface area contributed by atoms with E-state index in [1.54, 1.807) is 0 Å². The maximum atomic E-state index is 4.67. The molecule has 0 saturated carbocycles. The standard InChI is InChI=1S/C15H30N4/c1-12(2)9-18-7-8-19(10-13(3)4)14(11-18)15-16-5-6-17-15/h12-14H,5-11H2,1-4H3,(H,16,17)/t14-/m1/s1. The van der Waals surface area contributed by atoms with Crippen LogP contribution in [0, 0.1) is 11.8 Å². The van der Waals surface area contributed by atoms with Crippen molar-refractivity contribution >= 4 is 5.84 Å². The lowest BCUT2D eigenvalue weighted by Gasteiger charge is -2.42. The Morgan fingerprint density at radius 3 is 2.47 bits per heavy atom. The van der Waals surface area contributed by atoms with E-state index >= 15 is 0 Å². The zero-order valence-corrected chi connectivity index (χ0v) is 13.0. The summed E-state index contributed by atoms with van der Waals surface area (Å²) < 4.78 is 0. The highest BCUT2D eigenvalue weighted by molar-refractivity contribution is 5.89. The topological polar surface area (TPSA) is 30.9 Å². The van der Waals surface area contributed by atoms with Crippen molar-refractivity contribution in [2.75, 3.05) is 45.8 Å². The summed E-state index contributed by atoms with van der Waals surface area (Å²) in [6.45, 7) is 17.1. The van der Waals surface area contributed by atoms with Crippen molar-refractivity contribution in [3.05, 3.63) is 0 Å². The van der Waals surface area contributed by atoms with E-state index in [0.29, 0.717) is 6.04 Å². The number of hydrogen-bond donors (Lipinski definition) is 1. The molecule has 0 aliphatic carbocycles. The van der Waals surface area contributed by atoms with Gasteiger partial charge in [-0.05, 0) is 11.8 Å². The molecule has 1 atom stereocenters. The summed E-state index contributed by atoms with van der Waals surface area (Å²) in [7, 11) is 0. The summed E-state index contributed by atoms with van der Waals surface area (Å²) >= 11 is 0. The van der Waals surface area contributed by atoms with Crippen LogP contribution in [-0.2, 0) is 0 Å². The molecular weight excluding hydrogens is 236 g/mol. The number of amidine groups is 1. The first-order valence-corrected chi connectivity index (χ1v) is 7.81. The van der Waals surface area contributed by atoms with Crippen molar-refractivity contribution in [3.63, 3.8) is 0 Å². The second-order valence-electron chi connectivity index (χ2n) is 6.75. The van der Waals surface area contributed by atoms with Gasteiger partial charge in [0.25, 0.3) is 0 Å². The average molecular weight is 266 g/mol. The molecule has 2 aliphatic heterocycles. The number of hydrogen-bond acceptors (Lipinski definition) is 4. The second kappa shape index (κ2) is 6.71. The smallest absolute Gasteiger partial charge is 0.115 e. The van der Waals surface area contributed by atoms with Crippen LogP contribution in [0.2, 0.25) is 0 Å². The zero-order chi connectivity index (χ0) is 13.8. The first-order chi connectivity index (χ1) is 9.06. The van der Waals surface area contributed by atoms with Crippen LogP contribution in [0.3, 0.4) is 0 Å². The zero-order valence-electron chi connectivity index (χ0n) is 13.0. The molecule has 19 heavy (non-hydrogen) atoms. The van der Waals surface area contributed by atoms with Gasteiger partial charge >= 0.3 is 0 Å². The van der Waals surface area contributed by atoms with E-state index in [4.69, 9.17) is 0 Å². The molecule has 2 aliphatic rings. The van der Waals surface area contributed by atoms with Gasteiger partial charge in [0.2, 0.25) is 0 Å². The van der Waals surface area contributed by atoms with Crippen LogP contribution in [0.15, 0.2) is 4.99 Å². The van der Waals surface area contributed by atoms with Crippen LogP contribution in [0.1, 0.15) is 27.7 Å². The van der Waals surface area contributed by atoms with Gasteiger partial charge in [-0.15, -0.1) is 0 Å². The predicted octanol–water partition coefficient (Wildman–Crippen LogP) is 1.29. The van der Waals surface area contributed by atoms with E-state index in [-0.39, 0.29) is 0 Å². The van der Waals surface area contributed by atoms with Gasteiger partial charge in [0.05, 0.1) is 12.6 Å². The molecule has 0 aromatic carbocycles. The quantitative estimate of drug-likeness (QED) is 0.813. The van der Waals surface area contributed by atoms with Crippen molar-refractivity contribution in [1.82, 2.24) is 15.1 Å². The maximum Gasteiger partial charge on any atom is 0.115 e. The third-order valence-corrected chi connectivity index (χ3v) is 3.81. The van der Waals surface area contributed by atoms with Gasteiger partial charge in [-0.25, -0.2) is 0 Å². The highest BCUT2D eigenvalue weighted by atomic mass is 15.3. The summed E-state index contributed by atoms with van der Waals surface area (Å²) in [4.78, 5) is 9.90. The van der Waals surface area contributed by atoms with Crippen molar-refractivity contribution in [2.45, 2.75) is 33.7 Å². The molecule has 0 aromatic heterocycles. The van der Waals surface area contributed by atoms with Gasteiger partial charge < -0.3 is 5.32 Å². The van der Waals surface area contributed by atoms with E-state index in [1.807, 2.05) is 0 Å². The molecular formula is C15H30N4. The van der Waals surface area contributed by atoms with Crippen molar-refractivity contribution in [1.29, 1.82) is 0 Å². The predicted molar refractivity (Wildman–Crippen MR) is 81.8 cm³/mol. The van der Waals surface area contributed by atoms with Crippen molar-refractivity contribution in [2.24, 2.45) is 16.8 Å². The van der Waals surface area contributed by atoms with Crippen LogP contribution >= 0.6 is 0 Å². The van der Waals surface area contributed by atoms with Crippen LogP contribution in [0.5, 0.6) is 0 Å². The lowest BCUT2D eigenvalue weighted by atomic mass is 10.1. The minimum Gasteiger partial charge on any atom is -0.371 e. The first kappa shape index (κ1) is 14.8. The van der Waals surface area contributed by atoms with Crippen molar-refractivity contribution in [3.8, 4) is 0 Å². The first-order valence-electron chi connectivity index (χ1n) is 7.81. The normalized spacial score (nSPS) is 26.0. The molecule has 0 spiro atoms. The fourth-order valence-corrected chi connectivity index (χ4v) is 3.15. The molecule has 1 saturated heterocycles. The third-order valence-electron chi connectivity index (χ3n) is 3.81. The molecule has 0 radical (unpaired) electrons. The lowest BCUT2D eigenvalue weighted by Crippen LogP contribution is -2.59. The van der Waals surface area contributed by atoms with Crippen LogP contribution < -0.4 is 5.32 Å². The molecule has 4 nitrogen and oxygen atoms in total. The highest BCUT2D eigenvalue weighted by Gasteiger charge is 2.32. The van der Waals surface area contributed by atoms with Gasteiger partial charge in [0, 0.05) is 39.3 Å². The van der Waals surface area contributed by atoms with Crippen LogP contribution in [0.4, 0.5) is 0 Å². The molecule has 1 fully saturated rings. The molecule has 0 bridgehead atoms. The summed E-state index contributed by atoms with van der Waals surface area (Å²) in [6, 6.07) is 0.484. The summed E-state index contributed by atoms with van der Waals surface area (Å²) in [5.41, 5.74) is 0. The minimum absolute atomic E-state index is 0.484. The molecule has 0 aromatic rings. The van der Waals surface area contributed by atoms with E-state index in [1.165, 1.54) is 32.0 Å². The molecule has 110 valence electrons. The monoisotopic (exact) mass is 266 g/mol. The molecule has 0 unspecified atom stereocenters. The van der Waals surface area contributed by atoms with E-state index < -0.39 is 0 Å². The Morgan fingerprint density at radius 1 is 1.16 bits per heavy atom. The Balaban J connectivity index is 2.00. The van der Waals surface area contributed by atoms with E-state index in [9.17, 15) is 0 Å². The Morgan fingerprint density at radius 2 is 1.89 bits per heavy atom. The summed E-state index contributed by atoms with van der Waals surface area (Å²) in [6.07, 6.45) is 0. The lowest BCUT2D eigenvalue weighted by molar-refractivity contribution is 0.0876. The SMILES string of the molecule is CC(C)CN1CCN(CC(C)C)[C@@H](C2=NCCN2)C1. The molecule has 4 heteroatoms. The Labute approximate surface area is 118 Å². The number of piperazine rings is 1. The van der Waals surface area contributed by atoms with Crippen LogP contribution in [0.25, 0.3) is 0 Å². The molecule has 1 N–H and O–H groups in total. The molecule has 2 rings (SSSR count). The van der Waals surface area contributed by atoms with Gasteiger partial charge in [-0.1, -0.05) is 27.7 Å². The van der Waals surface area contributed by atoms with Crippen molar-refractivity contribution < 1.29 is 0 Å². The summed E-state index contributed by atoms with van der Waals surface area (Å²) in [5.74, 6) is 2.70. The summed E-state index contributed by atoms with van der Waals surface area (Å²) in [5, 5.41) is 3.49. The van der Waals surface area contributed by atoms with Gasteiger partial charge in [0.15, 0.2) is 0 Å². The second-order valence-corrected chi connectivity index (χ2v) is 6.75. The Kier molecular flexibility index (Phi) is 5.22. The Hall–Kier alpha value is -0.610. The average Bonchev–Trinajstić information content (AvgIpc) is 2.83. The van der Waals surface area contributed by atoms with Gasteiger partial charge in [0.1, 0.15) is 5.84 Å². The van der Waals surface area contributed by atoms with Crippen LogP contribution in [-0.4, -0.2) is 67.5 Å². The number of rotatable bonds is 5. The fourth-order valence-electron chi connectivity index (χ4n) is 3.15. The molecule has 2 heterocycles. The highest BCUT2D eigenvalue weighted by Crippen LogP contribution is 2.15. The van der Waals surface area contributed by atoms with E-state index in [2.05, 4.69) is 47.8 Å². The molecule has 0 amide bonds. The third kappa shape index (κ3) is 4.18. The number of aliphatic imine (C=N–C) groups is 1.